The van der Waals surface area contributed by atoms with E-state index in [0.717, 1.165) is 76.1 Å². The van der Waals surface area contributed by atoms with Gasteiger partial charge in [-0.3, -0.25) is 4.99 Å². The maximum absolute atomic E-state index is 5.87. The van der Waals surface area contributed by atoms with Crippen molar-refractivity contribution >= 4 is 29.9 Å². The van der Waals surface area contributed by atoms with E-state index in [4.69, 9.17) is 18.9 Å². The number of hydrogen-bond donors (Lipinski definition) is 2. The Kier molecular flexibility index (Phi) is 10.00. The number of aliphatic imine (C=N–C) groups is 1. The molecule has 0 bridgehead atoms. The largest absolute Gasteiger partial charge is 0.454 e. The number of ether oxygens (including phenoxy) is 4. The van der Waals surface area contributed by atoms with E-state index in [1.165, 1.54) is 5.56 Å². The summed E-state index contributed by atoms with van der Waals surface area (Å²) in [6.45, 7) is 4.37. The van der Waals surface area contributed by atoms with Crippen LogP contribution in [0, 0.1) is 0 Å². The Morgan fingerprint density at radius 2 is 1.93 bits per heavy atom. The maximum Gasteiger partial charge on any atom is 0.231 e. The second-order valence-corrected chi connectivity index (χ2v) is 6.40. The first-order chi connectivity index (χ1) is 12.8. The van der Waals surface area contributed by atoms with Crippen LogP contribution < -0.4 is 20.1 Å². The normalized spacial score (nSPS) is 16.7. The third-order valence-corrected chi connectivity index (χ3v) is 4.50. The van der Waals surface area contributed by atoms with Crippen LogP contribution in [0.3, 0.4) is 0 Å². The molecule has 1 saturated heterocycles. The average Bonchev–Trinajstić information content (AvgIpc) is 3.15. The summed E-state index contributed by atoms with van der Waals surface area (Å²) in [5.41, 5.74) is 1.21. The number of guanidine groups is 1. The van der Waals surface area contributed by atoms with Gasteiger partial charge in [0.15, 0.2) is 17.5 Å². The Morgan fingerprint density at radius 3 is 2.74 bits per heavy atom. The van der Waals surface area contributed by atoms with Crippen molar-refractivity contribution in [3.8, 4) is 11.5 Å². The molecule has 8 heteroatoms. The van der Waals surface area contributed by atoms with E-state index >= 15 is 0 Å². The van der Waals surface area contributed by atoms with Gasteiger partial charge in [0.2, 0.25) is 6.79 Å². The van der Waals surface area contributed by atoms with Gasteiger partial charge in [-0.25, -0.2) is 0 Å². The number of halogens is 1. The van der Waals surface area contributed by atoms with E-state index in [0.29, 0.717) is 12.9 Å². The SMILES string of the molecule is CN=C(NCCCOC1CCOCC1)NCCc1ccc2c(c1)OCO2.I. The van der Waals surface area contributed by atoms with Gasteiger partial charge in [-0.15, -0.1) is 24.0 Å². The Bertz CT molecular complexity index is 594. The zero-order chi connectivity index (χ0) is 18.0. The fourth-order valence-corrected chi connectivity index (χ4v) is 3.01. The quantitative estimate of drug-likeness (QED) is 0.252. The summed E-state index contributed by atoms with van der Waals surface area (Å²) in [6.07, 6.45) is 4.24. The van der Waals surface area contributed by atoms with E-state index < -0.39 is 0 Å². The molecule has 0 saturated carbocycles. The molecular formula is C19H30IN3O4. The minimum atomic E-state index is 0. The third-order valence-electron chi connectivity index (χ3n) is 4.50. The molecule has 152 valence electrons. The number of rotatable bonds is 8. The van der Waals surface area contributed by atoms with Crippen LogP contribution >= 0.6 is 24.0 Å². The number of fused-ring (bicyclic) bond motifs is 1. The zero-order valence-corrected chi connectivity index (χ0v) is 18.2. The van der Waals surface area contributed by atoms with Crippen LogP contribution in [0.15, 0.2) is 23.2 Å². The van der Waals surface area contributed by atoms with Crippen LogP contribution in [-0.2, 0) is 15.9 Å². The molecular weight excluding hydrogens is 461 g/mol. The van der Waals surface area contributed by atoms with Gasteiger partial charge in [0.1, 0.15) is 0 Å². The molecule has 1 aromatic carbocycles. The summed E-state index contributed by atoms with van der Waals surface area (Å²) in [6, 6.07) is 6.07. The molecule has 0 aliphatic carbocycles. The summed E-state index contributed by atoms with van der Waals surface area (Å²) < 4.78 is 21.9. The molecule has 0 amide bonds. The monoisotopic (exact) mass is 491 g/mol. The van der Waals surface area contributed by atoms with Gasteiger partial charge < -0.3 is 29.6 Å². The summed E-state index contributed by atoms with van der Waals surface area (Å²) in [5, 5.41) is 6.66. The molecule has 0 atom stereocenters. The number of nitrogens with zero attached hydrogens (tertiary/aromatic N) is 1. The van der Waals surface area contributed by atoms with Crippen molar-refractivity contribution in [1.82, 2.24) is 10.6 Å². The molecule has 0 radical (unpaired) electrons. The summed E-state index contributed by atoms with van der Waals surface area (Å²) >= 11 is 0. The summed E-state index contributed by atoms with van der Waals surface area (Å²) in [7, 11) is 1.79. The second kappa shape index (κ2) is 12.2. The lowest BCUT2D eigenvalue weighted by Gasteiger charge is -2.22. The standard InChI is InChI=1S/C19H29N3O4.HI/c1-20-19(21-8-2-10-24-16-6-11-23-12-7-16)22-9-5-15-3-4-17-18(13-15)26-14-25-17;/h3-4,13,16H,2,5-12,14H2,1H3,(H2,20,21,22);1H. The smallest absolute Gasteiger partial charge is 0.231 e. The summed E-state index contributed by atoms with van der Waals surface area (Å²) in [4.78, 5) is 4.26. The number of nitrogens with one attached hydrogen (secondary N) is 2. The predicted octanol–water partition coefficient (Wildman–Crippen LogP) is 2.33. The lowest BCUT2D eigenvalue weighted by molar-refractivity contribution is -0.0320. The van der Waals surface area contributed by atoms with Crippen LogP contribution in [0.1, 0.15) is 24.8 Å². The van der Waals surface area contributed by atoms with E-state index in [-0.39, 0.29) is 24.0 Å². The van der Waals surface area contributed by atoms with Gasteiger partial charge in [-0.05, 0) is 43.4 Å². The average molecular weight is 491 g/mol. The van der Waals surface area contributed by atoms with Crippen LogP contribution in [-0.4, -0.2) is 58.8 Å². The summed E-state index contributed by atoms with van der Waals surface area (Å²) in [5.74, 6) is 2.47. The highest BCUT2D eigenvalue weighted by atomic mass is 127. The molecule has 7 nitrogen and oxygen atoms in total. The fraction of sp³-hybridized carbons (Fsp3) is 0.632. The second-order valence-electron chi connectivity index (χ2n) is 6.40. The zero-order valence-electron chi connectivity index (χ0n) is 15.9. The fourth-order valence-electron chi connectivity index (χ4n) is 3.01. The van der Waals surface area contributed by atoms with Gasteiger partial charge in [-0.2, -0.15) is 0 Å². The number of benzene rings is 1. The first kappa shape index (κ1) is 22.0. The Labute approximate surface area is 178 Å². The van der Waals surface area contributed by atoms with E-state index in [2.05, 4.69) is 21.7 Å². The lowest BCUT2D eigenvalue weighted by Crippen LogP contribution is -2.39. The van der Waals surface area contributed by atoms with Gasteiger partial charge in [0.25, 0.3) is 0 Å². The molecule has 2 N–H and O–H groups in total. The Morgan fingerprint density at radius 1 is 1.15 bits per heavy atom. The van der Waals surface area contributed by atoms with Gasteiger partial charge in [0, 0.05) is 40.0 Å². The molecule has 1 aromatic rings. The van der Waals surface area contributed by atoms with Crippen molar-refractivity contribution < 1.29 is 18.9 Å². The molecule has 2 heterocycles. The van der Waals surface area contributed by atoms with Crippen LogP contribution in [0.25, 0.3) is 0 Å². The first-order valence-electron chi connectivity index (χ1n) is 9.37. The van der Waals surface area contributed by atoms with Crippen LogP contribution in [0.4, 0.5) is 0 Å². The van der Waals surface area contributed by atoms with Gasteiger partial charge in [-0.1, -0.05) is 6.07 Å². The molecule has 27 heavy (non-hydrogen) atoms. The van der Waals surface area contributed by atoms with Crippen molar-refractivity contribution in [2.75, 3.05) is 46.8 Å². The topological polar surface area (TPSA) is 73.3 Å². The number of hydrogen-bond acceptors (Lipinski definition) is 5. The van der Waals surface area contributed by atoms with Crippen LogP contribution in [0.2, 0.25) is 0 Å². The molecule has 2 aliphatic heterocycles. The van der Waals surface area contributed by atoms with Crippen molar-refractivity contribution in [2.24, 2.45) is 4.99 Å². The molecule has 0 aromatic heterocycles. The molecule has 2 aliphatic rings. The molecule has 0 unspecified atom stereocenters. The molecule has 1 fully saturated rings. The highest BCUT2D eigenvalue weighted by molar-refractivity contribution is 14.0. The Hall–Kier alpha value is -1.26. The highest BCUT2D eigenvalue weighted by Gasteiger charge is 2.14. The van der Waals surface area contributed by atoms with Gasteiger partial charge >= 0.3 is 0 Å². The third kappa shape index (κ3) is 7.34. The van der Waals surface area contributed by atoms with E-state index in [1.807, 2.05) is 12.1 Å². The molecule has 0 spiro atoms. The Balaban J connectivity index is 0.00000261. The predicted molar refractivity (Wildman–Crippen MR) is 115 cm³/mol. The lowest BCUT2D eigenvalue weighted by atomic mass is 10.1. The van der Waals surface area contributed by atoms with Crippen molar-refractivity contribution in [1.29, 1.82) is 0 Å². The molecule has 3 rings (SSSR count). The van der Waals surface area contributed by atoms with E-state index in [9.17, 15) is 0 Å². The minimum Gasteiger partial charge on any atom is -0.454 e. The minimum absolute atomic E-state index is 0. The first-order valence-corrected chi connectivity index (χ1v) is 9.37. The van der Waals surface area contributed by atoms with Gasteiger partial charge in [0.05, 0.1) is 6.10 Å². The maximum atomic E-state index is 5.87. The van der Waals surface area contributed by atoms with Crippen molar-refractivity contribution in [3.05, 3.63) is 23.8 Å². The van der Waals surface area contributed by atoms with Crippen molar-refractivity contribution in [2.45, 2.75) is 31.8 Å². The van der Waals surface area contributed by atoms with E-state index in [1.54, 1.807) is 7.05 Å². The van der Waals surface area contributed by atoms with Crippen molar-refractivity contribution in [3.63, 3.8) is 0 Å². The van der Waals surface area contributed by atoms with Crippen LogP contribution in [0.5, 0.6) is 11.5 Å². The highest BCUT2D eigenvalue weighted by Crippen LogP contribution is 2.32.